The number of hydrogen-bond acceptors (Lipinski definition) is 4. The number of carbonyl (C=O) groups is 1. The van der Waals surface area contributed by atoms with E-state index in [2.05, 4.69) is 17.1 Å². The van der Waals surface area contributed by atoms with Gasteiger partial charge >= 0.3 is 5.97 Å². The number of nitrogens with zero attached hydrogens (tertiary/aromatic N) is 1. The van der Waals surface area contributed by atoms with E-state index in [1.165, 1.54) is 20.0 Å². The van der Waals surface area contributed by atoms with Crippen LogP contribution in [-0.4, -0.2) is 44.7 Å². The van der Waals surface area contributed by atoms with Crippen molar-refractivity contribution < 1.29 is 9.53 Å². The van der Waals surface area contributed by atoms with Crippen LogP contribution >= 0.6 is 0 Å². The Bertz CT molecular complexity index is 463. The number of carbonyl (C=O) groups excluding carboxylic acids is 1. The largest absolute Gasteiger partial charge is 0.467 e. The number of likely N-dealkylation sites (N-methyl/N-ethyl adjacent to an activating group) is 1. The molecule has 1 aliphatic heterocycles. The van der Waals surface area contributed by atoms with Crippen molar-refractivity contribution in [2.45, 2.75) is 25.3 Å². The van der Waals surface area contributed by atoms with Crippen molar-refractivity contribution in [1.29, 1.82) is 0 Å². The molecule has 2 unspecified atom stereocenters. The fraction of sp³-hybridized carbons (Fsp3) is 0.588. The molecule has 0 radical (unpaired) electrons. The summed E-state index contributed by atoms with van der Waals surface area (Å²) in [7, 11) is 3.29. The highest BCUT2D eigenvalue weighted by molar-refractivity contribution is 5.83. The van der Waals surface area contributed by atoms with Gasteiger partial charge in [-0.05, 0) is 37.9 Å². The highest BCUT2D eigenvalue weighted by atomic mass is 16.5. The molecule has 0 bridgehead atoms. The molecule has 1 aromatic rings. The Hall–Kier alpha value is -1.39. The highest BCUT2D eigenvalue weighted by Gasteiger charge is 2.42. The topological polar surface area (TPSA) is 41.6 Å². The lowest BCUT2D eigenvalue weighted by Crippen LogP contribution is -2.56. The SMILES string of the molecule is CNC(CN1CCCC(C)C1)(C(=O)OC)c1ccccc1. The van der Waals surface area contributed by atoms with E-state index in [1.54, 1.807) is 0 Å². The van der Waals surface area contributed by atoms with Crippen LogP contribution in [0.5, 0.6) is 0 Å². The summed E-state index contributed by atoms with van der Waals surface area (Å²) in [6.07, 6.45) is 2.46. The van der Waals surface area contributed by atoms with E-state index in [1.807, 2.05) is 37.4 Å². The summed E-state index contributed by atoms with van der Waals surface area (Å²) in [4.78, 5) is 14.9. The van der Waals surface area contributed by atoms with Gasteiger partial charge in [-0.25, -0.2) is 4.79 Å². The van der Waals surface area contributed by atoms with Crippen molar-refractivity contribution in [3.8, 4) is 0 Å². The number of ether oxygens (including phenoxy) is 1. The van der Waals surface area contributed by atoms with Gasteiger partial charge < -0.3 is 15.0 Å². The number of methoxy groups -OCH3 is 1. The number of likely N-dealkylation sites (tertiary alicyclic amines) is 1. The molecule has 0 amide bonds. The molecule has 1 heterocycles. The maximum atomic E-state index is 12.5. The number of rotatable bonds is 5. The lowest BCUT2D eigenvalue weighted by atomic mass is 9.88. The minimum Gasteiger partial charge on any atom is -0.467 e. The minimum absolute atomic E-state index is 0.227. The third-order valence-corrected chi connectivity index (χ3v) is 4.43. The maximum Gasteiger partial charge on any atom is 0.332 e. The zero-order chi connectivity index (χ0) is 15.3. The zero-order valence-electron chi connectivity index (χ0n) is 13.3. The Morgan fingerprint density at radius 1 is 1.43 bits per heavy atom. The molecule has 1 saturated heterocycles. The maximum absolute atomic E-state index is 12.5. The first kappa shape index (κ1) is 16.0. The van der Waals surface area contributed by atoms with Crippen molar-refractivity contribution in [2.24, 2.45) is 5.92 Å². The van der Waals surface area contributed by atoms with Crippen LogP contribution in [0.4, 0.5) is 0 Å². The van der Waals surface area contributed by atoms with Gasteiger partial charge in [0.25, 0.3) is 0 Å². The molecular weight excluding hydrogens is 264 g/mol. The van der Waals surface area contributed by atoms with Crippen molar-refractivity contribution in [1.82, 2.24) is 10.2 Å². The molecule has 0 saturated carbocycles. The molecule has 1 aliphatic rings. The van der Waals surface area contributed by atoms with Crippen LogP contribution in [0.15, 0.2) is 30.3 Å². The van der Waals surface area contributed by atoms with Gasteiger partial charge in [0, 0.05) is 13.1 Å². The van der Waals surface area contributed by atoms with Gasteiger partial charge in [0.2, 0.25) is 0 Å². The molecule has 2 atom stereocenters. The Morgan fingerprint density at radius 3 is 2.71 bits per heavy atom. The molecule has 2 rings (SSSR count). The van der Waals surface area contributed by atoms with E-state index in [4.69, 9.17) is 4.74 Å². The van der Waals surface area contributed by atoms with Crippen LogP contribution in [0.25, 0.3) is 0 Å². The average Bonchev–Trinajstić information content (AvgIpc) is 2.53. The second-order valence-corrected chi connectivity index (χ2v) is 6.00. The van der Waals surface area contributed by atoms with Crippen LogP contribution in [0.3, 0.4) is 0 Å². The zero-order valence-corrected chi connectivity index (χ0v) is 13.3. The standard InChI is InChI=1S/C17H26N2O2/c1-14-8-7-11-19(12-14)13-17(18-2,16(20)21-3)15-9-5-4-6-10-15/h4-6,9-10,14,18H,7-8,11-13H2,1-3H3. The van der Waals surface area contributed by atoms with Crippen molar-refractivity contribution in [3.63, 3.8) is 0 Å². The fourth-order valence-electron chi connectivity index (χ4n) is 3.26. The summed E-state index contributed by atoms with van der Waals surface area (Å²) in [6, 6.07) is 9.86. The van der Waals surface area contributed by atoms with Crippen molar-refractivity contribution in [3.05, 3.63) is 35.9 Å². The lowest BCUT2D eigenvalue weighted by molar-refractivity contribution is -0.150. The second kappa shape index (κ2) is 7.05. The van der Waals surface area contributed by atoms with E-state index in [9.17, 15) is 4.79 Å². The number of nitrogens with one attached hydrogen (secondary N) is 1. The predicted octanol–water partition coefficient (Wildman–Crippen LogP) is 2.01. The molecule has 21 heavy (non-hydrogen) atoms. The van der Waals surface area contributed by atoms with Gasteiger partial charge in [-0.2, -0.15) is 0 Å². The van der Waals surface area contributed by atoms with Crippen LogP contribution in [0.1, 0.15) is 25.3 Å². The number of esters is 1. The molecule has 0 spiro atoms. The van der Waals surface area contributed by atoms with Crippen molar-refractivity contribution >= 4 is 5.97 Å². The molecule has 1 fully saturated rings. The first-order chi connectivity index (χ1) is 10.1. The molecule has 4 nitrogen and oxygen atoms in total. The first-order valence-corrected chi connectivity index (χ1v) is 7.67. The fourth-order valence-corrected chi connectivity index (χ4v) is 3.26. The molecule has 0 aliphatic carbocycles. The monoisotopic (exact) mass is 290 g/mol. The van der Waals surface area contributed by atoms with E-state index in [0.29, 0.717) is 12.5 Å². The number of benzene rings is 1. The molecular formula is C17H26N2O2. The summed E-state index contributed by atoms with van der Waals surface area (Å²) in [6.45, 7) is 4.99. The third kappa shape index (κ3) is 3.44. The van der Waals surface area contributed by atoms with Gasteiger partial charge in [0.1, 0.15) is 0 Å². The molecule has 116 valence electrons. The van der Waals surface area contributed by atoms with Crippen LogP contribution < -0.4 is 5.32 Å². The van der Waals surface area contributed by atoms with Crippen LogP contribution in [0.2, 0.25) is 0 Å². The quantitative estimate of drug-likeness (QED) is 0.842. The molecule has 1 N–H and O–H groups in total. The molecule has 4 heteroatoms. The lowest BCUT2D eigenvalue weighted by Gasteiger charge is -2.39. The average molecular weight is 290 g/mol. The van der Waals surface area contributed by atoms with Crippen LogP contribution in [-0.2, 0) is 15.1 Å². The summed E-state index contributed by atoms with van der Waals surface area (Å²) in [5.74, 6) is 0.455. The minimum atomic E-state index is -0.799. The Balaban J connectivity index is 2.29. The normalized spacial score (nSPS) is 22.5. The Labute approximate surface area is 127 Å². The van der Waals surface area contributed by atoms with E-state index >= 15 is 0 Å². The first-order valence-electron chi connectivity index (χ1n) is 7.67. The van der Waals surface area contributed by atoms with Crippen LogP contribution in [0, 0.1) is 5.92 Å². The smallest absolute Gasteiger partial charge is 0.332 e. The highest BCUT2D eigenvalue weighted by Crippen LogP contribution is 2.26. The summed E-state index contributed by atoms with van der Waals surface area (Å²) < 4.78 is 5.10. The molecule has 0 aromatic heterocycles. The molecule has 1 aromatic carbocycles. The number of piperidine rings is 1. The van der Waals surface area contributed by atoms with Crippen molar-refractivity contribution in [2.75, 3.05) is 33.8 Å². The third-order valence-electron chi connectivity index (χ3n) is 4.43. The summed E-state index contributed by atoms with van der Waals surface area (Å²) in [5, 5.41) is 3.23. The second-order valence-electron chi connectivity index (χ2n) is 6.00. The van der Waals surface area contributed by atoms with Gasteiger partial charge in [0.15, 0.2) is 5.54 Å². The van der Waals surface area contributed by atoms with Gasteiger partial charge in [-0.15, -0.1) is 0 Å². The van der Waals surface area contributed by atoms with E-state index in [0.717, 1.165) is 18.7 Å². The van der Waals surface area contributed by atoms with E-state index in [-0.39, 0.29) is 5.97 Å². The Morgan fingerprint density at radius 2 is 2.14 bits per heavy atom. The van der Waals surface area contributed by atoms with Gasteiger partial charge in [-0.3, -0.25) is 0 Å². The van der Waals surface area contributed by atoms with Gasteiger partial charge in [-0.1, -0.05) is 37.3 Å². The Kier molecular flexibility index (Phi) is 5.37. The number of hydrogen-bond donors (Lipinski definition) is 1. The predicted molar refractivity (Wildman–Crippen MR) is 84.0 cm³/mol. The van der Waals surface area contributed by atoms with Gasteiger partial charge in [0.05, 0.1) is 7.11 Å². The van der Waals surface area contributed by atoms with E-state index < -0.39 is 5.54 Å². The summed E-state index contributed by atoms with van der Waals surface area (Å²) >= 11 is 0. The summed E-state index contributed by atoms with van der Waals surface area (Å²) in [5.41, 5.74) is 0.158.